The molecule has 2 aromatic rings. The van der Waals surface area contributed by atoms with E-state index in [4.69, 9.17) is 18.0 Å². The van der Waals surface area contributed by atoms with Gasteiger partial charge in [0.15, 0.2) is 11.6 Å². The van der Waals surface area contributed by atoms with Crippen LogP contribution in [0.1, 0.15) is 12.5 Å². The third-order valence-corrected chi connectivity index (χ3v) is 3.92. The van der Waals surface area contributed by atoms with Gasteiger partial charge in [-0.1, -0.05) is 25.2 Å². The van der Waals surface area contributed by atoms with Gasteiger partial charge in [0.25, 0.3) is 0 Å². The second kappa shape index (κ2) is 6.87. The summed E-state index contributed by atoms with van der Waals surface area (Å²) in [5.41, 5.74) is 7.62. The fraction of sp³-hybridized carbons (Fsp3) is 0.133. The molecule has 0 unspecified atom stereocenters. The SMILES string of the molecule is CCSc1cccc(Nc2ccc(F)c(F)c2)c1C(N)=S. The second-order valence-corrected chi connectivity index (χ2v) is 5.98. The molecule has 0 saturated carbocycles. The Hall–Kier alpha value is -1.66. The van der Waals surface area contributed by atoms with Gasteiger partial charge in [-0.2, -0.15) is 0 Å². The van der Waals surface area contributed by atoms with E-state index in [0.717, 1.165) is 22.8 Å². The Balaban J connectivity index is 2.41. The minimum Gasteiger partial charge on any atom is -0.389 e. The summed E-state index contributed by atoms with van der Waals surface area (Å²) in [5.74, 6) is -0.911. The molecule has 0 radical (unpaired) electrons. The van der Waals surface area contributed by atoms with Crippen molar-refractivity contribution >= 4 is 40.3 Å². The van der Waals surface area contributed by atoms with Crippen molar-refractivity contribution in [1.82, 2.24) is 0 Å². The van der Waals surface area contributed by atoms with Gasteiger partial charge in [-0.3, -0.25) is 0 Å². The number of nitrogens with two attached hydrogens (primary N) is 1. The van der Waals surface area contributed by atoms with Gasteiger partial charge < -0.3 is 11.1 Å². The van der Waals surface area contributed by atoms with Gasteiger partial charge in [0.2, 0.25) is 0 Å². The molecule has 0 aliphatic heterocycles. The van der Waals surface area contributed by atoms with Crippen molar-refractivity contribution < 1.29 is 8.78 Å². The largest absolute Gasteiger partial charge is 0.389 e. The van der Waals surface area contributed by atoms with Crippen LogP contribution in [-0.4, -0.2) is 10.7 Å². The van der Waals surface area contributed by atoms with Crippen molar-refractivity contribution in [1.29, 1.82) is 0 Å². The number of thiocarbonyl (C=S) groups is 1. The lowest BCUT2D eigenvalue weighted by molar-refractivity contribution is 0.509. The molecule has 110 valence electrons. The van der Waals surface area contributed by atoms with Crippen molar-refractivity contribution in [2.45, 2.75) is 11.8 Å². The first kappa shape index (κ1) is 15.7. The number of hydrogen-bond acceptors (Lipinski definition) is 3. The average Bonchev–Trinajstić information content (AvgIpc) is 2.43. The van der Waals surface area contributed by atoms with E-state index in [1.807, 2.05) is 19.1 Å². The van der Waals surface area contributed by atoms with Crippen LogP contribution in [0.4, 0.5) is 20.2 Å². The summed E-state index contributed by atoms with van der Waals surface area (Å²) in [5, 5.41) is 3.03. The fourth-order valence-corrected chi connectivity index (χ4v) is 3.03. The van der Waals surface area contributed by atoms with Gasteiger partial charge in [0, 0.05) is 27.9 Å². The maximum atomic E-state index is 13.3. The zero-order chi connectivity index (χ0) is 15.4. The zero-order valence-electron chi connectivity index (χ0n) is 11.3. The van der Waals surface area contributed by atoms with Crippen molar-refractivity contribution in [3.8, 4) is 0 Å². The molecule has 3 N–H and O–H groups in total. The minimum absolute atomic E-state index is 0.261. The van der Waals surface area contributed by atoms with Crippen LogP contribution in [0.2, 0.25) is 0 Å². The van der Waals surface area contributed by atoms with Crippen LogP contribution < -0.4 is 11.1 Å². The number of thioether (sulfide) groups is 1. The van der Waals surface area contributed by atoms with E-state index in [1.54, 1.807) is 17.8 Å². The van der Waals surface area contributed by atoms with Crippen LogP contribution in [0.5, 0.6) is 0 Å². The first-order chi connectivity index (χ1) is 10.0. The third-order valence-electron chi connectivity index (χ3n) is 2.77. The number of rotatable bonds is 5. The Morgan fingerprint density at radius 3 is 2.62 bits per heavy atom. The van der Waals surface area contributed by atoms with Crippen LogP contribution >= 0.6 is 24.0 Å². The maximum Gasteiger partial charge on any atom is 0.160 e. The van der Waals surface area contributed by atoms with Gasteiger partial charge in [0.1, 0.15) is 4.99 Å². The maximum absolute atomic E-state index is 13.3. The molecular formula is C15H14F2N2S2. The molecule has 0 atom stereocenters. The minimum atomic E-state index is -0.907. The average molecular weight is 324 g/mol. The standard InChI is InChI=1S/C15H14F2N2S2/c1-2-21-13-5-3-4-12(14(13)15(18)20)19-9-6-7-10(16)11(17)8-9/h3-8,19H,2H2,1H3,(H2,18,20). The number of benzene rings is 2. The zero-order valence-corrected chi connectivity index (χ0v) is 13.0. The third kappa shape index (κ3) is 3.71. The van der Waals surface area contributed by atoms with Crippen LogP contribution in [0.3, 0.4) is 0 Å². The lowest BCUT2D eigenvalue weighted by Crippen LogP contribution is -2.13. The van der Waals surface area contributed by atoms with E-state index in [0.29, 0.717) is 16.9 Å². The molecule has 0 aliphatic carbocycles. The van der Waals surface area contributed by atoms with Crippen LogP contribution in [0.25, 0.3) is 0 Å². The fourth-order valence-electron chi connectivity index (χ4n) is 1.89. The summed E-state index contributed by atoms with van der Waals surface area (Å²) >= 11 is 6.72. The van der Waals surface area contributed by atoms with Crippen molar-refractivity contribution in [3.05, 3.63) is 53.6 Å². The number of anilines is 2. The molecular weight excluding hydrogens is 310 g/mol. The molecule has 2 nitrogen and oxygen atoms in total. The first-order valence-corrected chi connectivity index (χ1v) is 7.70. The molecule has 0 bridgehead atoms. The summed E-state index contributed by atoms with van der Waals surface area (Å²) in [6.07, 6.45) is 0. The number of halogens is 2. The van der Waals surface area contributed by atoms with Gasteiger partial charge >= 0.3 is 0 Å². The van der Waals surface area contributed by atoms with Crippen LogP contribution in [0.15, 0.2) is 41.3 Å². The number of hydrogen-bond donors (Lipinski definition) is 2. The van der Waals surface area contributed by atoms with Gasteiger partial charge in [0.05, 0.1) is 0 Å². The molecule has 0 amide bonds. The van der Waals surface area contributed by atoms with E-state index in [1.165, 1.54) is 6.07 Å². The Bertz CT molecular complexity index is 675. The van der Waals surface area contributed by atoms with Crippen LogP contribution in [-0.2, 0) is 0 Å². The van der Waals surface area contributed by atoms with Crippen molar-refractivity contribution in [2.24, 2.45) is 5.73 Å². The molecule has 0 spiro atoms. The van der Waals surface area contributed by atoms with E-state index < -0.39 is 11.6 Å². The smallest absolute Gasteiger partial charge is 0.160 e. The predicted octanol–water partition coefficient (Wildman–Crippen LogP) is 4.45. The molecule has 21 heavy (non-hydrogen) atoms. The molecule has 0 heterocycles. The highest BCUT2D eigenvalue weighted by Gasteiger charge is 2.12. The molecule has 0 aliphatic rings. The second-order valence-electron chi connectivity index (χ2n) is 4.23. The molecule has 0 aromatic heterocycles. The monoisotopic (exact) mass is 324 g/mol. The van der Waals surface area contributed by atoms with Gasteiger partial charge in [-0.05, 0) is 30.0 Å². The molecule has 2 aromatic carbocycles. The first-order valence-electron chi connectivity index (χ1n) is 6.30. The topological polar surface area (TPSA) is 38.0 Å². The van der Waals surface area contributed by atoms with Crippen molar-refractivity contribution in [2.75, 3.05) is 11.1 Å². The highest BCUT2D eigenvalue weighted by Crippen LogP contribution is 2.30. The summed E-state index contributed by atoms with van der Waals surface area (Å²) in [7, 11) is 0. The number of nitrogens with one attached hydrogen (secondary N) is 1. The van der Waals surface area contributed by atoms with Crippen LogP contribution in [0, 0.1) is 11.6 Å². The van der Waals surface area contributed by atoms with Crippen molar-refractivity contribution in [3.63, 3.8) is 0 Å². The Labute approximate surface area is 131 Å². The summed E-state index contributed by atoms with van der Waals surface area (Å²) in [6, 6.07) is 9.22. The Kier molecular flexibility index (Phi) is 5.14. The van der Waals surface area contributed by atoms with E-state index >= 15 is 0 Å². The van der Waals surface area contributed by atoms with Gasteiger partial charge in [-0.15, -0.1) is 11.8 Å². The molecule has 6 heteroatoms. The highest BCUT2D eigenvalue weighted by molar-refractivity contribution is 7.99. The summed E-state index contributed by atoms with van der Waals surface area (Å²) in [4.78, 5) is 1.22. The highest BCUT2D eigenvalue weighted by atomic mass is 32.2. The molecule has 0 saturated heterocycles. The van der Waals surface area contributed by atoms with Gasteiger partial charge in [-0.25, -0.2) is 8.78 Å². The Morgan fingerprint density at radius 2 is 2.00 bits per heavy atom. The van der Waals surface area contributed by atoms with E-state index in [-0.39, 0.29) is 4.99 Å². The lowest BCUT2D eigenvalue weighted by atomic mass is 10.1. The lowest BCUT2D eigenvalue weighted by Gasteiger charge is -2.15. The summed E-state index contributed by atoms with van der Waals surface area (Å²) in [6.45, 7) is 2.03. The van der Waals surface area contributed by atoms with E-state index in [2.05, 4.69) is 5.32 Å². The summed E-state index contributed by atoms with van der Waals surface area (Å²) < 4.78 is 26.2. The molecule has 2 rings (SSSR count). The van der Waals surface area contributed by atoms with E-state index in [9.17, 15) is 8.78 Å². The predicted molar refractivity (Wildman–Crippen MR) is 88.4 cm³/mol. The molecule has 0 fully saturated rings. The normalized spacial score (nSPS) is 10.4. The Morgan fingerprint density at radius 1 is 1.24 bits per heavy atom. The quantitative estimate of drug-likeness (QED) is 0.629.